The lowest BCUT2D eigenvalue weighted by Gasteiger charge is -2.06. The summed E-state index contributed by atoms with van der Waals surface area (Å²) < 4.78 is 14.6. The number of tetrazole rings is 1. The molecular weight excluding hydrogens is 315 g/mol. The summed E-state index contributed by atoms with van der Waals surface area (Å²) in [6.45, 7) is 1.65. The van der Waals surface area contributed by atoms with Crippen molar-refractivity contribution in [1.29, 1.82) is 5.26 Å². The number of allylic oxidation sites excluding steroid dienone is 1. The van der Waals surface area contributed by atoms with Crippen LogP contribution < -0.4 is 5.32 Å². The Balaban J connectivity index is 2.30. The molecule has 2 N–H and O–H groups in total. The molecule has 1 aromatic heterocycles. The van der Waals surface area contributed by atoms with Gasteiger partial charge >= 0.3 is 0 Å². The Labute approximate surface area is 116 Å². The number of aromatic amines is 1. The van der Waals surface area contributed by atoms with E-state index in [2.05, 4.69) is 41.9 Å². The lowest BCUT2D eigenvalue weighted by atomic mass is 10.2. The van der Waals surface area contributed by atoms with Crippen LogP contribution in [0.2, 0.25) is 0 Å². The number of nitrogens with zero attached hydrogens (tertiary/aromatic N) is 4. The molecule has 19 heavy (non-hydrogen) atoms. The highest BCUT2D eigenvalue weighted by Crippen LogP contribution is 2.24. The maximum Gasteiger partial charge on any atom is 0.216 e. The van der Waals surface area contributed by atoms with E-state index < -0.39 is 0 Å². The van der Waals surface area contributed by atoms with Gasteiger partial charge in [-0.15, -0.1) is 10.2 Å². The van der Waals surface area contributed by atoms with Crippen molar-refractivity contribution in [2.75, 3.05) is 5.32 Å². The number of rotatable bonds is 3. The van der Waals surface area contributed by atoms with E-state index in [-0.39, 0.29) is 22.9 Å². The van der Waals surface area contributed by atoms with E-state index in [0.717, 1.165) is 4.47 Å². The van der Waals surface area contributed by atoms with Gasteiger partial charge in [0, 0.05) is 10.7 Å². The predicted octanol–water partition coefficient (Wildman–Crippen LogP) is 2.39. The van der Waals surface area contributed by atoms with Crippen molar-refractivity contribution in [3.8, 4) is 6.07 Å². The van der Waals surface area contributed by atoms with E-state index in [9.17, 15) is 4.39 Å². The summed E-state index contributed by atoms with van der Waals surface area (Å²) >= 11 is 3.28. The van der Waals surface area contributed by atoms with Crippen LogP contribution in [0.15, 0.2) is 22.8 Å². The van der Waals surface area contributed by atoms with Crippen molar-refractivity contribution < 1.29 is 4.39 Å². The molecule has 0 unspecified atom stereocenters. The van der Waals surface area contributed by atoms with Crippen LogP contribution in [0, 0.1) is 24.1 Å². The molecule has 6 nitrogen and oxygen atoms in total. The number of aryl methyl sites for hydroxylation is 1. The van der Waals surface area contributed by atoms with Crippen LogP contribution in [0.25, 0.3) is 5.57 Å². The normalized spacial score (nSPS) is 11.2. The van der Waals surface area contributed by atoms with Gasteiger partial charge in [0.2, 0.25) is 5.82 Å². The number of nitriles is 1. The zero-order valence-corrected chi connectivity index (χ0v) is 11.4. The second-order valence-corrected chi connectivity index (χ2v) is 4.55. The summed E-state index contributed by atoms with van der Waals surface area (Å²) in [5, 5.41) is 24.6. The number of aromatic nitrogens is 4. The lowest BCUT2D eigenvalue weighted by Crippen LogP contribution is -1.97. The summed E-state index contributed by atoms with van der Waals surface area (Å²) in [5.41, 5.74) is 0.886. The van der Waals surface area contributed by atoms with Crippen molar-refractivity contribution >= 4 is 27.2 Å². The standard InChI is InChI=1S/C11H8BrFN6/c1-6-2-8(12)3-9(10(6)13)15-5-7(4-14)11-16-18-19-17-11/h2-3,5,15H,1H3,(H,16,17,18,19). The number of nitrogens with one attached hydrogen (secondary N) is 2. The summed E-state index contributed by atoms with van der Waals surface area (Å²) in [7, 11) is 0. The van der Waals surface area contributed by atoms with Crippen LogP contribution in [-0.2, 0) is 0 Å². The molecule has 96 valence electrons. The molecule has 0 saturated carbocycles. The van der Waals surface area contributed by atoms with Gasteiger partial charge in [0.15, 0.2) is 0 Å². The second kappa shape index (κ2) is 5.58. The van der Waals surface area contributed by atoms with Crippen molar-refractivity contribution in [1.82, 2.24) is 20.6 Å². The number of hydrogen-bond donors (Lipinski definition) is 2. The molecular formula is C11H8BrFN6. The zero-order valence-electron chi connectivity index (χ0n) is 9.78. The fraction of sp³-hybridized carbons (Fsp3) is 0.0909. The highest BCUT2D eigenvalue weighted by atomic mass is 79.9. The SMILES string of the molecule is Cc1cc(Br)cc(NC=C(C#N)c2nn[nH]n2)c1F. The van der Waals surface area contributed by atoms with Crippen molar-refractivity contribution in [3.63, 3.8) is 0 Å². The van der Waals surface area contributed by atoms with Gasteiger partial charge in [-0.1, -0.05) is 15.9 Å². The molecule has 0 amide bonds. The minimum atomic E-state index is -0.384. The number of halogens is 2. The van der Waals surface area contributed by atoms with Crippen LogP contribution in [0.3, 0.4) is 0 Å². The molecule has 2 rings (SSSR count). The van der Waals surface area contributed by atoms with E-state index in [1.807, 2.05) is 6.07 Å². The maximum atomic E-state index is 13.8. The maximum absolute atomic E-state index is 13.8. The fourth-order valence-electron chi connectivity index (χ4n) is 1.40. The number of hydrogen-bond acceptors (Lipinski definition) is 5. The first kappa shape index (κ1) is 13.2. The Morgan fingerprint density at radius 2 is 2.37 bits per heavy atom. The minimum Gasteiger partial charge on any atom is -0.358 e. The number of benzene rings is 1. The third kappa shape index (κ3) is 2.95. The zero-order chi connectivity index (χ0) is 13.8. The molecule has 0 bridgehead atoms. The molecule has 0 atom stereocenters. The molecule has 0 spiro atoms. The Morgan fingerprint density at radius 3 is 3.00 bits per heavy atom. The van der Waals surface area contributed by atoms with Gasteiger partial charge in [0.25, 0.3) is 0 Å². The van der Waals surface area contributed by atoms with E-state index in [1.165, 1.54) is 6.20 Å². The van der Waals surface area contributed by atoms with Gasteiger partial charge in [-0.25, -0.2) is 4.39 Å². The molecule has 0 radical (unpaired) electrons. The van der Waals surface area contributed by atoms with Gasteiger partial charge < -0.3 is 5.32 Å². The first-order chi connectivity index (χ1) is 9.11. The Morgan fingerprint density at radius 1 is 1.58 bits per heavy atom. The van der Waals surface area contributed by atoms with Crippen LogP contribution in [0.1, 0.15) is 11.4 Å². The lowest BCUT2D eigenvalue weighted by molar-refractivity contribution is 0.622. The Kier molecular flexibility index (Phi) is 3.87. The molecule has 0 fully saturated rings. The Bertz CT molecular complexity index is 659. The molecule has 2 aromatic rings. The molecule has 8 heteroatoms. The highest BCUT2D eigenvalue weighted by molar-refractivity contribution is 9.10. The van der Waals surface area contributed by atoms with Gasteiger partial charge in [-0.2, -0.15) is 10.5 Å². The van der Waals surface area contributed by atoms with Crippen LogP contribution in [0.5, 0.6) is 0 Å². The highest BCUT2D eigenvalue weighted by Gasteiger charge is 2.08. The van der Waals surface area contributed by atoms with Gasteiger partial charge in [-0.05, 0) is 29.8 Å². The topological polar surface area (TPSA) is 90.3 Å². The first-order valence-electron chi connectivity index (χ1n) is 5.18. The van der Waals surface area contributed by atoms with Crippen LogP contribution >= 0.6 is 15.9 Å². The van der Waals surface area contributed by atoms with Crippen molar-refractivity contribution in [3.05, 3.63) is 40.0 Å². The van der Waals surface area contributed by atoms with Crippen LogP contribution in [-0.4, -0.2) is 20.6 Å². The minimum absolute atomic E-state index is 0.141. The molecule has 0 saturated heterocycles. The summed E-state index contributed by atoms with van der Waals surface area (Å²) in [6.07, 6.45) is 1.33. The molecule has 0 aliphatic carbocycles. The van der Waals surface area contributed by atoms with E-state index >= 15 is 0 Å². The number of H-pyrrole nitrogens is 1. The van der Waals surface area contributed by atoms with E-state index in [1.54, 1.807) is 19.1 Å². The van der Waals surface area contributed by atoms with Gasteiger partial charge in [0.05, 0.1) is 5.69 Å². The van der Waals surface area contributed by atoms with E-state index in [0.29, 0.717) is 5.56 Å². The molecule has 0 aliphatic heterocycles. The largest absolute Gasteiger partial charge is 0.358 e. The smallest absolute Gasteiger partial charge is 0.216 e. The predicted molar refractivity (Wildman–Crippen MR) is 70.2 cm³/mol. The molecule has 1 aromatic carbocycles. The third-order valence-electron chi connectivity index (χ3n) is 2.30. The van der Waals surface area contributed by atoms with Gasteiger partial charge in [-0.3, -0.25) is 0 Å². The first-order valence-corrected chi connectivity index (χ1v) is 5.97. The monoisotopic (exact) mass is 322 g/mol. The summed E-state index contributed by atoms with van der Waals surface area (Å²) in [6, 6.07) is 5.14. The summed E-state index contributed by atoms with van der Waals surface area (Å²) in [4.78, 5) is 0. The van der Waals surface area contributed by atoms with Crippen LogP contribution in [0.4, 0.5) is 10.1 Å². The second-order valence-electron chi connectivity index (χ2n) is 3.63. The summed E-state index contributed by atoms with van der Waals surface area (Å²) in [5.74, 6) is -0.244. The molecule has 0 aliphatic rings. The quantitative estimate of drug-likeness (QED) is 0.847. The average molecular weight is 323 g/mol. The van der Waals surface area contributed by atoms with Crippen molar-refractivity contribution in [2.24, 2.45) is 0 Å². The van der Waals surface area contributed by atoms with E-state index in [4.69, 9.17) is 5.26 Å². The average Bonchev–Trinajstić information content (AvgIpc) is 2.89. The van der Waals surface area contributed by atoms with Gasteiger partial charge in [0.1, 0.15) is 17.5 Å². The Hall–Kier alpha value is -2.27. The fourth-order valence-corrected chi connectivity index (χ4v) is 1.98. The third-order valence-corrected chi connectivity index (χ3v) is 2.76. The number of anilines is 1. The molecule has 1 heterocycles. The van der Waals surface area contributed by atoms with Crippen molar-refractivity contribution in [2.45, 2.75) is 6.92 Å².